The summed E-state index contributed by atoms with van der Waals surface area (Å²) in [5, 5.41) is 0. The number of methoxy groups -OCH3 is 2. The Labute approximate surface area is 87.4 Å². The molecular formula is C10H12N2O3. The van der Waals surface area contributed by atoms with E-state index in [0.29, 0.717) is 18.3 Å². The van der Waals surface area contributed by atoms with Gasteiger partial charge in [0.2, 0.25) is 0 Å². The number of hydrogen-bond acceptors (Lipinski definition) is 5. The van der Waals surface area contributed by atoms with Crippen molar-refractivity contribution in [1.29, 1.82) is 0 Å². The second kappa shape index (κ2) is 4.16. The minimum atomic E-state index is -0.109. The van der Waals surface area contributed by atoms with E-state index in [1.54, 1.807) is 13.4 Å². The van der Waals surface area contributed by atoms with Gasteiger partial charge in [-0.25, -0.2) is 4.99 Å². The molecule has 0 saturated carbocycles. The average Bonchev–Trinajstić information content (AvgIpc) is 2.81. The molecule has 0 saturated heterocycles. The van der Waals surface area contributed by atoms with Crippen LogP contribution >= 0.6 is 0 Å². The van der Waals surface area contributed by atoms with Gasteiger partial charge in [0, 0.05) is 0 Å². The minimum Gasteiger partial charge on any atom is -0.484 e. The number of ether oxygens (including phenoxy) is 2. The van der Waals surface area contributed by atoms with E-state index in [1.165, 1.54) is 7.11 Å². The Kier molecular flexibility index (Phi) is 2.71. The van der Waals surface area contributed by atoms with E-state index in [1.807, 2.05) is 12.1 Å². The summed E-state index contributed by atoms with van der Waals surface area (Å²) in [5.41, 5.74) is 0. The standard InChI is InChI=1S/C10H12N2O3/c1-13-9-6-7(8-4-3-5-15-8)11-10(12-9)14-2/h3-5,7H,6H2,1-2H3. The van der Waals surface area contributed by atoms with Crippen molar-refractivity contribution in [2.75, 3.05) is 14.2 Å². The monoisotopic (exact) mass is 208 g/mol. The predicted molar refractivity (Wildman–Crippen MR) is 55.0 cm³/mol. The van der Waals surface area contributed by atoms with Crippen LogP contribution in [0, 0.1) is 0 Å². The zero-order valence-corrected chi connectivity index (χ0v) is 8.64. The Morgan fingerprint density at radius 1 is 1.40 bits per heavy atom. The maximum absolute atomic E-state index is 5.29. The summed E-state index contributed by atoms with van der Waals surface area (Å²) in [4.78, 5) is 8.33. The summed E-state index contributed by atoms with van der Waals surface area (Å²) < 4.78 is 15.4. The van der Waals surface area contributed by atoms with Gasteiger partial charge in [-0.1, -0.05) is 0 Å². The van der Waals surface area contributed by atoms with Gasteiger partial charge in [-0.05, 0) is 12.1 Å². The Hall–Kier alpha value is -1.78. The zero-order valence-electron chi connectivity index (χ0n) is 8.64. The van der Waals surface area contributed by atoms with Gasteiger partial charge in [-0.3, -0.25) is 0 Å². The number of rotatable bonds is 1. The lowest BCUT2D eigenvalue weighted by Gasteiger charge is -2.16. The molecule has 15 heavy (non-hydrogen) atoms. The second-order valence-corrected chi connectivity index (χ2v) is 3.06. The van der Waals surface area contributed by atoms with Crippen LogP contribution in [-0.2, 0) is 9.47 Å². The van der Waals surface area contributed by atoms with E-state index in [2.05, 4.69) is 9.98 Å². The molecule has 2 rings (SSSR count). The summed E-state index contributed by atoms with van der Waals surface area (Å²) in [7, 11) is 3.11. The molecule has 5 nitrogen and oxygen atoms in total. The third kappa shape index (κ3) is 2.01. The molecular weight excluding hydrogens is 196 g/mol. The van der Waals surface area contributed by atoms with Crippen molar-refractivity contribution in [2.45, 2.75) is 12.5 Å². The second-order valence-electron chi connectivity index (χ2n) is 3.06. The van der Waals surface area contributed by atoms with Crippen molar-refractivity contribution in [3.63, 3.8) is 0 Å². The van der Waals surface area contributed by atoms with E-state index < -0.39 is 0 Å². The molecule has 0 radical (unpaired) electrons. The molecule has 0 spiro atoms. The Morgan fingerprint density at radius 2 is 2.27 bits per heavy atom. The topological polar surface area (TPSA) is 56.3 Å². The fraction of sp³-hybridized carbons (Fsp3) is 0.400. The molecule has 80 valence electrons. The first-order valence-corrected chi connectivity index (χ1v) is 4.60. The van der Waals surface area contributed by atoms with Crippen LogP contribution in [0.15, 0.2) is 32.8 Å². The number of hydrogen-bond donors (Lipinski definition) is 0. The molecule has 0 aliphatic carbocycles. The summed E-state index contributed by atoms with van der Waals surface area (Å²) in [5.74, 6) is 1.39. The Morgan fingerprint density at radius 3 is 2.87 bits per heavy atom. The van der Waals surface area contributed by atoms with Crippen LogP contribution < -0.4 is 0 Å². The number of aliphatic imine (C=N–C) groups is 2. The lowest BCUT2D eigenvalue weighted by molar-refractivity contribution is 0.349. The van der Waals surface area contributed by atoms with Gasteiger partial charge in [0.05, 0.1) is 26.9 Å². The van der Waals surface area contributed by atoms with Gasteiger partial charge in [0.1, 0.15) is 11.8 Å². The molecule has 1 aliphatic rings. The molecule has 1 aromatic rings. The van der Waals surface area contributed by atoms with Crippen molar-refractivity contribution < 1.29 is 13.9 Å². The summed E-state index contributed by atoms with van der Waals surface area (Å²) in [6, 6.07) is 3.91. The van der Waals surface area contributed by atoms with Crippen LogP contribution in [-0.4, -0.2) is 26.1 Å². The third-order valence-electron chi connectivity index (χ3n) is 2.14. The molecule has 0 aromatic carbocycles. The van der Waals surface area contributed by atoms with E-state index in [9.17, 15) is 0 Å². The van der Waals surface area contributed by atoms with Crippen molar-refractivity contribution in [2.24, 2.45) is 9.98 Å². The number of nitrogens with zero attached hydrogens (tertiary/aromatic N) is 2. The fourth-order valence-electron chi connectivity index (χ4n) is 1.40. The summed E-state index contributed by atoms with van der Waals surface area (Å²) in [6.07, 6.45) is 2.21. The Balaban J connectivity index is 2.23. The minimum absolute atomic E-state index is 0.109. The van der Waals surface area contributed by atoms with Gasteiger partial charge in [0.15, 0.2) is 5.90 Å². The first-order chi connectivity index (χ1) is 7.33. The van der Waals surface area contributed by atoms with Crippen molar-refractivity contribution in [3.8, 4) is 0 Å². The van der Waals surface area contributed by atoms with Crippen LogP contribution in [0.25, 0.3) is 0 Å². The molecule has 1 aromatic heterocycles. The van der Waals surface area contributed by atoms with Gasteiger partial charge >= 0.3 is 6.02 Å². The van der Waals surface area contributed by atoms with Crippen LogP contribution in [0.5, 0.6) is 0 Å². The van der Waals surface area contributed by atoms with E-state index >= 15 is 0 Å². The van der Waals surface area contributed by atoms with Gasteiger partial charge in [-0.15, -0.1) is 0 Å². The SMILES string of the molecule is COC1=NC(OC)=NC(c2ccco2)C1. The molecule has 5 heteroatoms. The highest BCUT2D eigenvalue weighted by Gasteiger charge is 2.22. The molecule has 1 atom stereocenters. The molecule has 2 heterocycles. The predicted octanol–water partition coefficient (Wildman–Crippen LogP) is 1.77. The van der Waals surface area contributed by atoms with Crippen molar-refractivity contribution in [3.05, 3.63) is 24.2 Å². The van der Waals surface area contributed by atoms with Crippen molar-refractivity contribution in [1.82, 2.24) is 0 Å². The third-order valence-corrected chi connectivity index (χ3v) is 2.14. The first kappa shape index (κ1) is 9.76. The van der Waals surface area contributed by atoms with Crippen molar-refractivity contribution >= 4 is 11.9 Å². The van der Waals surface area contributed by atoms with Crippen LogP contribution in [0.1, 0.15) is 18.2 Å². The highest BCUT2D eigenvalue weighted by Crippen LogP contribution is 2.25. The zero-order chi connectivity index (χ0) is 10.7. The highest BCUT2D eigenvalue weighted by atomic mass is 16.5. The molecule has 1 aliphatic heterocycles. The summed E-state index contributed by atoms with van der Waals surface area (Å²) >= 11 is 0. The van der Waals surface area contributed by atoms with E-state index in [-0.39, 0.29) is 6.04 Å². The van der Waals surface area contributed by atoms with Gasteiger partial charge in [0.25, 0.3) is 0 Å². The van der Waals surface area contributed by atoms with Gasteiger partial charge < -0.3 is 13.9 Å². The fourth-order valence-corrected chi connectivity index (χ4v) is 1.40. The largest absolute Gasteiger partial charge is 0.484 e. The normalized spacial score (nSPS) is 20.5. The van der Waals surface area contributed by atoms with Crippen LogP contribution in [0.4, 0.5) is 0 Å². The van der Waals surface area contributed by atoms with Crippen LogP contribution in [0.3, 0.4) is 0 Å². The maximum atomic E-state index is 5.29. The molecule has 0 fully saturated rings. The highest BCUT2D eigenvalue weighted by molar-refractivity contribution is 5.92. The average molecular weight is 208 g/mol. The number of furan rings is 1. The number of amidine groups is 1. The van der Waals surface area contributed by atoms with Gasteiger partial charge in [-0.2, -0.15) is 4.99 Å². The van der Waals surface area contributed by atoms with Crippen LogP contribution in [0.2, 0.25) is 0 Å². The molecule has 0 bridgehead atoms. The molecule has 0 amide bonds. The molecule has 0 N–H and O–H groups in total. The summed E-state index contributed by atoms with van der Waals surface area (Å²) in [6.45, 7) is 0. The lowest BCUT2D eigenvalue weighted by Crippen LogP contribution is -2.17. The van der Waals surface area contributed by atoms with E-state index in [4.69, 9.17) is 13.9 Å². The molecule has 1 unspecified atom stereocenters. The lowest BCUT2D eigenvalue weighted by atomic mass is 10.1. The smallest absolute Gasteiger partial charge is 0.315 e. The quantitative estimate of drug-likeness (QED) is 0.706. The maximum Gasteiger partial charge on any atom is 0.315 e. The first-order valence-electron chi connectivity index (χ1n) is 4.60. The Bertz CT molecular complexity index is 381. The van der Waals surface area contributed by atoms with E-state index in [0.717, 1.165) is 5.76 Å².